The quantitative estimate of drug-likeness (QED) is 0.694. The van der Waals surface area contributed by atoms with Crippen LogP contribution >= 0.6 is 0 Å². The minimum absolute atomic E-state index is 0.149. The zero-order valence-corrected chi connectivity index (χ0v) is 16.6. The number of likely N-dealkylation sites (tertiary alicyclic amines) is 1. The first-order valence-corrected chi connectivity index (χ1v) is 10.4. The average Bonchev–Trinajstić information content (AvgIpc) is 3.24. The molecule has 7 heteroatoms. The summed E-state index contributed by atoms with van der Waals surface area (Å²) in [4.78, 5) is 19.2. The molecule has 2 fully saturated rings. The highest BCUT2D eigenvalue weighted by molar-refractivity contribution is 5.77. The molecule has 2 saturated heterocycles. The molecule has 4 N–H and O–H groups in total. The van der Waals surface area contributed by atoms with Gasteiger partial charge < -0.3 is 15.4 Å². The molecule has 2 aliphatic heterocycles. The van der Waals surface area contributed by atoms with Crippen LogP contribution in [0.1, 0.15) is 37.2 Å². The predicted molar refractivity (Wildman–Crippen MR) is 112 cm³/mol. The SMILES string of the molecule is Nc1cc(C2CNNC2C2CCCCN2C(=O)CCOc2ccccc2)ccn1. The molecule has 0 bridgehead atoms. The summed E-state index contributed by atoms with van der Waals surface area (Å²) >= 11 is 0. The van der Waals surface area contributed by atoms with Gasteiger partial charge in [-0.2, -0.15) is 0 Å². The van der Waals surface area contributed by atoms with Crippen LogP contribution in [0.4, 0.5) is 5.82 Å². The highest BCUT2D eigenvalue weighted by Crippen LogP contribution is 2.31. The highest BCUT2D eigenvalue weighted by Gasteiger charge is 2.40. The number of carbonyl (C=O) groups excluding carboxylic acids is 1. The van der Waals surface area contributed by atoms with Gasteiger partial charge in [-0.15, -0.1) is 0 Å². The van der Waals surface area contributed by atoms with Gasteiger partial charge in [0.1, 0.15) is 11.6 Å². The number of amides is 1. The third-order valence-corrected chi connectivity index (χ3v) is 5.87. The molecular formula is C22H29N5O2. The van der Waals surface area contributed by atoms with Crippen LogP contribution in [0.2, 0.25) is 0 Å². The minimum Gasteiger partial charge on any atom is -0.493 e. The van der Waals surface area contributed by atoms with Crippen LogP contribution in [0.5, 0.6) is 5.75 Å². The molecule has 2 aromatic rings. The first-order valence-electron chi connectivity index (χ1n) is 10.4. The molecule has 4 rings (SSSR count). The number of ether oxygens (including phenoxy) is 1. The number of anilines is 1. The van der Waals surface area contributed by atoms with Crippen LogP contribution in [0.3, 0.4) is 0 Å². The largest absolute Gasteiger partial charge is 0.493 e. The van der Waals surface area contributed by atoms with E-state index >= 15 is 0 Å². The summed E-state index contributed by atoms with van der Waals surface area (Å²) in [6.07, 6.45) is 5.33. The van der Waals surface area contributed by atoms with E-state index in [-0.39, 0.29) is 23.9 Å². The summed E-state index contributed by atoms with van der Waals surface area (Å²) in [6, 6.07) is 13.9. The summed E-state index contributed by atoms with van der Waals surface area (Å²) in [5, 5.41) is 0. The molecule has 0 saturated carbocycles. The first kappa shape index (κ1) is 19.7. The van der Waals surface area contributed by atoms with E-state index in [9.17, 15) is 4.79 Å². The van der Waals surface area contributed by atoms with Gasteiger partial charge in [-0.3, -0.25) is 15.6 Å². The molecule has 1 aromatic carbocycles. The Morgan fingerprint density at radius 1 is 1.24 bits per heavy atom. The van der Waals surface area contributed by atoms with Crippen molar-refractivity contribution in [2.24, 2.45) is 0 Å². The number of hydrogen-bond acceptors (Lipinski definition) is 6. The molecule has 0 aliphatic carbocycles. The molecule has 1 aromatic heterocycles. The Hall–Kier alpha value is -2.64. The van der Waals surface area contributed by atoms with Crippen LogP contribution in [-0.2, 0) is 4.79 Å². The molecule has 3 unspecified atom stereocenters. The number of para-hydroxylation sites is 1. The van der Waals surface area contributed by atoms with E-state index in [1.54, 1.807) is 6.20 Å². The van der Waals surface area contributed by atoms with Gasteiger partial charge in [0.15, 0.2) is 0 Å². The van der Waals surface area contributed by atoms with Crippen molar-refractivity contribution in [3.8, 4) is 5.75 Å². The average molecular weight is 396 g/mol. The monoisotopic (exact) mass is 395 g/mol. The molecule has 0 spiro atoms. The lowest BCUT2D eigenvalue weighted by Gasteiger charge is -2.41. The van der Waals surface area contributed by atoms with E-state index in [2.05, 4.69) is 20.7 Å². The maximum atomic E-state index is 13.0. The van der Waals surface area contributed by atoms with Gasteiger partial charge in [-0.1, -0.05) is 18.2 Å². The molecule has 7 nitrogen and oxygen atoms in total. The second kappa shape index (κ2) is 9.24. The Morgan fingerprint density at radius 3 is 2.93 bits per heavy atom. The number of rotatable bonds is 6. The molecule has 2 aliphatic rings. The molecule has 0 radical (unpaired) electrons. The van der Waals surface area contributed by atoms with E-state index in [0.717, 1.165) is 43.7 Å². The van der Waals surface area contributed by atoms with Gasteiger partial charge in [0.05, 0.1) is 13.0 Å². The van der Waals surface area contributed by atoms with E-state index in [4.69, 9.17) is 10.5 Å². The standard InChI is InChI=1S/C22H29N5O2/c23-20-14-16(9-11-24-20)18-15-25-26-22(18)19-8-4-5-12-27(19)21(28)10-13-29-17-6-2-1-3-7-17/h1-3,6-7,9,11,14,18-19,22,25-26H,4-5,8,10,12-13,15H2,(H2,23,24). The van der Waals surface area contributed by atoms with Gasteiger partial charge in [0.25, 0.3) is 0 Å². The maximum absolute atomic E-state index is 13.0. The lowest BCUT2D eigenvalue weighted by molar-refractivity contribution is -0.136. The second-order valence-corrected chi connectivity index (χ2v) is 7.73. The van der Waals surface area contributed by atoms with E-state index in [1.807, 2.05) is 42.5 Å². The second-order valence-electron chi connectivity index (χ2n) is 7.73. The molecule has 29 heavy (non-hydrogen) atoms. The Morgan fingerprint density at radius 2 is 2.10 bits per heavy atom. The predicted octanol–water partition coefficient (Wildman–Crippen LogP) is 2.07. The summed E-state index contributed by atoms with van der Waals surface area (Å²) in [7, 11) is 0. The fourth-order valence-corrected chi connectivity index (χ4v) is 4.46. The van der Waals surface area contributed by atoms with Crippen molar-refractivity contribution in [3.63, 3.8) is 0 Å². The molecule has 3 atom stereocenters. The molecular weight excluding hydrogens is 366 g/mol. The number of benzene rings is 1. The number of nitrogens with zero attached hydrogens (tertiary/aromatic N) is 2. The number of pyridine rings is 1. The fourth-order valence-electron chi connectivity index (χ4n) is 4.46. The first-order chi connectivity index (χ1) is 14.2. The fraction of sp³-hybridized carbons (Fsp3) is 0.455. The number of carbonyl (C=O) groups is 1. The zero-order chi connectivity index (χ0) is 20.1. The Labute approximate surface area is 171 Å². The summed E-state index contributed by atoms with van der Waals surface area (Å²) in [5.41, 5.74) is 13.8. The van der Waals surface area contributed by atoms with E-state index in [0.29, 0.717) is 18.8 Å². The van der Waals surface area contributed by atoms with Crippen molar-refractivity contribution in [1.82, 2.24) is 20.7 Å². The zero-order valence-electron chi connectivity index (χ0n) is 16.6. The van der Waals surface area contributed by atoms with Crippen molar-refractivity contribution in [3.05, 3.63) is 54.2 Å². The van der Waals surface area contributed by atoms with Gasteiger partial charge in [-0.25, -0.2) is 4.98 Å². The number of nitrogens with one attached hydrogen (secondary N) is 2. The van der Waals surface area contributed by atoms with Crippen LogP contribution < -0.4 is 21.3 Å². The van der Waals surface area contributed by atoms with E-state index in [1.165, 1.54) is 0 Å². The lowest BCUT2D eigenvalue weighted by atomic mass is 9.84. The van der Waals surface area contributed by atoms with Crippen LogP contribution in [-0.4, -0.2) is 47.6 Å². The Kier molecular flexibility index (Phi) is 6.27. The number of piperidine rings is 1. The smallest absolute Gasteiger partial charge is 0.226 e. The molecule has 154 valence electrons. The molecule has 1 amide bonds. The number of aromatic nitrogens is 1. The normalized spacial score (nSPS) is 24.4. The maximum Gasteiger partial charge on any atom is 0.226 e. The van der Waals surface area contributed by atoms with Crippen LogP contribution in [0.25, 0.3) is 0 Å². The van der Waals surface area contributed by atoms with Crippen LogP contribution in [0.15, 0.2) is 48.7 Å². The highest BCUT2D eigenvalue weighted by atomic mass is 16.5. The van der Waals surface area contributed by atoms with Crippen molar-refractivity contribution in [2.75, 3.05) is 25.4 Å². The van der Waals surface area contributed by atoms with Crippen molar-refractivity contribution in [1.29, 1.82) is 0 Å². The van der Waals surface area contributed by atoms with Crippen molar-refractivity contribution in [2.45, 2.75) is 43.7 Å². The van der Waals surface area contributed by atoms with Gasteiger partial charge in [0, 0.05) is 37.3 Å². The van der Waals surface area contributed by atoms with Crippen molar-refractivity contribution < 1.29 is 9.53 Å². The third-order valence-electron chi connectivity index (χ3n) is 5.87. The number of hydrogen-bond donors (Lipinski definition) is 3. The van der Waals surface area contributed by atoms with Crippen LogP contribution in [0, 0.1) is 0 Å². The number of nitrogen functional groups attached to an aromatic ring is 1. The summed E-state index contributed by atoms with van der Waals surface area (Å²) in [5.74, 6) is 1.74. The summed E-state index contributed by atoms with van der Waals surface area (Å²) in [6.45, 7) is 2.01. The number of nitrogens with two attached hydrogens (primary N) is 1. The van der Waals surface area contributed by atoms with Gasteiger partial charge in [-0.05, 0) is 49.1 Å². The minimum atomic E-state index is 0.149. The Bertz CT molecular complexity index is 816. The Balaban J connectivity index is 1.41. The topological polar surface area (TPSA) is 92.5 Å². The van der Waals surface area contributed by atoms with Gasteiger partial charge in [0.2, 0.25) is 5.91 Å². The lowest BCUT2D eigenvalue weighted by Crippen LogP contribution is -2.55. The van der Waals surface area contributed by atoms with Gasteiger partial charge >= 0.3 is 0 Å². The summed E-state index contributed by atoms with van der Waals surface area (Å²) < 4.78 is 5.74. The third kappa shape index (κ3) is 4.68. The molecule has 3 heterocycles. The number of hydrazine groups is 1. The van der Waals surface area contributed by atoms with Crippen molar-refractivity contribution >= 4 is 11.7 Å². The van der Waals surface area contributed by atoms with E-state index < -0.39 is 0 Å².